The Labute approximate surface area is 104 Å². The molecule has 2 heteroatoms. The quantitative estimate of drug-likeness (QED) is 0.819. The van der Waals surface area contributed by atoms with Gasteiger partial charge in [-0.25, -0.2) is 0 Å². The minimum Gasteiger partial charge on any atom is -0.394 e. The molecule has 1 aromatic carbocycles. The summed E-state index contributed by atoms with van der Waals surface area (Å²) in [5, 5.41) is 13.0. The van der Waals surface area contributed by atoms with Crippen molar-refractivity contribution in [1.29, 1.82) is 0 Å². The molecule has 94 valence electrons. The Morgan fingerprint density at radius 3 is 2.41 bits per heavy atom. The second kappa shape index (κ2) is 5.65. The number of benzene rings is 1. The molecule has 0 unspecified atom stereocenters. The second-order valence-electron chi connectivity index (χ2n) is 5.48. The fourth-order valence-electron chi connectivity index (χ4n) is 2.57. The van der Waals surface area contributed by atoms with Crippen molar-refractivity contribution in [3.05, 3.63) is 35.9 Å². The molecule has 1 aliphatic carbocycles. The van der Waals surface area contributed by atoms with E-state index in [1.165, 1.54) is 18.4 Å². The van der Waals surface area contributed by atoms with E-state index in [0.717, 1.165) is 11.8 Å². The fraction of sp³-hybridized carbons (Fsp3) is 0.600. The molecule has 0 amide bonds. The van der Waals surface area contributed by atoms with E-state index >= 15 is 0 Å². The monoisotopic (exact) mass is 233 g/mol. The van der Waals surface area contributed by atoms with Gasteiger partial charge in [0.2, 0.25) is 0 Å². The lowest BCUT2D eigenvalue weighted by molar-refractivity contribution is 0.138. The third-order valence-corrected chi connectivity index (χ3v) is 3.94. The summed E-state index contributed by atoms with van der Waals surface area (Å²) in [6.07, 6.45) is 2.50. The summed E-state index contributed by atoms with van der Waals surface area (Å²) in [5.74, 6) is 1.65. The van der Waals surface area contributed by atoms with Crippen LogP contribution in [-0.2, 0) is 0 Å². The van der Waals surface area contributed by atoms with E-state index in [2.05, 4.69) is 31.3 Å². The Balaban J connectivity index is 1.86. The molecule has 0 heterocycles. The minimum absolute atomic E-state index is 0.0920. The lowest BCUT2D eigenvalue weighted by atomic mass is 9.73. The van der Waals surface area contributed by atoms with Crippen LogP contribution in [0.25, 0.3) is 0 Å². The van der Waals surface area contributed by atoms with Crippen molar-refractivity contribution in [1.82, 2.24) is 5.32 Å². The van der Waals surface area contributed by atoms with Gasteiger partial charge in [0.25, 0.3) is 0 Å². The molecule has 0 bridgehead atoms. The minimum atomic E-state index is 0.0920. The molecule has 0 spiro atoms. The fourth-order valence-corrected chi connectivity index (χ4v) is 2.57. The summed E-state index contributed by atoms with van der Waals surface area (Å²) in [6.45, 7) is 4.76. The van der Waals surface area contributed by atoms with Crippen LogP contribution >= 0.6 is 0 Å². The van der Waals surface area contributed by atoms with E-state index in [0.29, 0.717) is 6.04 Å². The smallest absolute Gasteiger partial charge is 0.0626 e. The number of hydrogen-bond acceptors (Lipinski definition) is 2. The molecular weight excluding hydrogens is 210 g/mol. The first-order valence-electron chi connectivity index (χ1n) is 6.62. The van der Waals surface area contributed by atoms with Gasteiger partial charge in [0.1, 0.15) is 0 Å². The second-order valence-corrected chi connectivity index (χ2v) is 5.48. The zero-order chi connectivity index (χ0) is 12.3. The number of nitrogens with one attached hydrogen (secondary N) is 1. The van der Waals surface area contributed by atoms with Gasteiger partial charge >= 0.3 is 0 Å². The lowest BCUT2D eigenvalue weighted by Crippen LogP contribution is -2.45. The van der Waals surface area contributed by atoms with Gasteiger partial charge in [0.05, 0.1) is 12.6 Å². The first-order valence-corrected chi connectivity index (χ1v) is 6.62. The van der Waals surface area contributed by atoms with Gasteiger partial charge in [-0.3, -0.25) is 0 Å². The Morgan fingerprint density at radius 1 is 1.24 bits per heavy atom. The average Bonchev–Trinajstić information content (AvgIpc) is 2.28. The van der Waals surface area contributed by atoms with Crippen LogP contribution < -0.4 is 5.32 Å². The van der Waals surface area contributed by atoms with Crippen molar-refractivity contribution in [3.8, 4) is 0 Å². The SMILES string of the molecule is CC(C)C1CC(N[C@H](CO)c2ccccc2)C1. The standard InChI is InChI=1S/C15H23NO/c1-11(2)13-8-14(9-13)16-15(10-17)12-6-4-3-5-7-12/h3-7,11,13-17H,8-10H2,1-2H3/t13?,14?,15-/m1/s1. The van der Waals surface area contributed by atoms with Gasteiger partial charge in [0.15, 0.2) is 0 Å². The molecule has 1 atom stereocenters. The molecule has 1 fully saturated rings. The molecule has 1 aliphatic rings. The summed E-state index contributed by atoms with van der Waals surface area (Å²) in [5.41, 5.74) is 1.18. The molecule has 0 aliphatic heterocycles. The summed E-state index contributed by atoms with van der Waals surface area (Å²) in [7, 11) is 0. The van der Waals surface area contributed by atoms with Crippen LogP contribution in [0.5, 0.6) is 0 Å². The molecule has 2 nitrogen and oxygen atoms in total. The van der Waals surface area contributed by atoms with Gasteiger partial charge in [-0.15, -0.1) is 0 Å². The van der Waals surface area contributed by atoms with Gasteiger partial charge in [0, 0.05) is 6.04 Å². The van der Waals surface area contributed by atoms with Crippen LogP contribution in [0.3, 0.4) is 0 Å². The maximum Gasteiger partial charge on any atom is 0.0626 e. The molecule has 2 N–H and O–H groups in total. The molecule has 17 heavy (non-hydrogen) atoms. The van der Waals surface area contributed by atoms with Crippen LogP contribution in [0.15, 0.2) is 30.3 Å². The first kappa shape index (κ1) is 12.6. The Hall–Kier alpha value is -0.860. The highest BCUT2D eigenvalue weighted by atomic mass is 16.3. The van der Waals surface area contributed by atoms with E-state index in [1.807, 2.05) is 18.2 Å². The molecule has 1 saturated carbocycles. The maximum absolute atomic E-state index is 9.46. The number of aliphatic hydroxyl groups excluding tert-OH is 1. The van der Waals surface area contributed by atoms with E-state index in [9.17, 15) is 5.11 Å². The zero-order valence-electron chi connectivity index (χ0n) is 10.8. The third-order valence-electron chi connectivity index (χ3n) is 3.94. The Bertz CT molecular complexity index is 330. The van der Waals surface area contributed by atoms with Crippen molar-refractivity contribution in [2.24, 2.45) is 11.8 Å². The van der Waals surface area contributed by atoms with Gasteiger partial charge in [-0.05, 0) is 30.2 Å². The topological polar surface area (TPSA) is 32.3 Å². The summed E-state index contributed by atoms with van der Waals surface area (Å²) < 4.78 is 0. The van der Waals surface area contributed by atoms with Crippen molar-refractivity contribution >= 4 is 0 Å². The molecule has 0 aromatic heterocycles. The van der Waals surface area contributed by atoms with Gasteiger partial charge in [-0.1, -0.05) is 44.2 Å². The zero-order valence-corrected chi connectivity index (χ0v) is 10.8. The van der Waals surface area contributed by atoms with Crippen molar-refractivity contribution in [3.63, 3.8) is 0 Å². The highest BCUT2D eigenvalue weighted by Crippen LogP contribution is 2.34. The molecule has 0 radical (unpaired) electrons. The maximum atomic E-state index is 9.46. The largest absolute Gasteiger partial charge is 0.394 e. The summed E-state index contributed by atoms with van der Waals surface area (Å²) in [4.78, 5) is 0. The van der Waals surface area contributed by atoms with Crippen LogP contribution in [0.2, 0.25) is 0 Å². The predicted molar refractivity (Wildman–Crippen MR) is 70.8 cm³/mol. The number of rotatable bonds is 5. The molecule has 0 saturated heterocycles. The average molecular weight is 233 g/mol. The molecule has 1 aromatic rings. The summed E-state index contributed by atoms with van der Waals surface area (Å²) in [6, 6.07) is 10.9. The van der Waals surface area contributed by atoms with Crippen LogP contribution in [0.4, 0.5) is 0 Å². The van der Waals surface area contributed by atoms with Crippen molar-refractivity contribution in [2.75, 3.05) is 6.61 Å². The van der Waals surface area contributed by atoms with E-state index in [1.54, 1.807) is 0 Å². The van der Waals surface area contributed by atoms with E-state index in [-0.39, 0.29) is 12.6 Å². The van der Waals surface area contributed by atoms with Gasteiger partial charge in [-0.2, -0.15) is 0 Å². The summed E-state index contributed by atoms with van der Waals surface area (Å²) >= 11 is 0. The highest BCUT2D eigenvalue weighted by Gasteiger charge is 2.32. The normalized spacial score (nSPS) is 25.6. The Morgan fingerprint density at radius 2 is 1.88 bits per heavy atom. The first-order chi connectivity index (χ1) is 8.20. The predicted octanol–water partition coefficient (Wildman–Crippen LogP) is 2.74. The van der Waals surface area contributed by atoms with Crippen molar-refractivity contribution < 1.29 is 5.11 Å². The van der Waals surface area contributed by atoms with Crippen LogP contribution in [0, 0.1) is 11.8 Å². The van der Waals surface area contributed by atoms with Crippen LogP contribution in [0.1, 0.15) is 38.3 Å². The third kappa shape index (κ3) is 3.08. The molecule has 2 rings (SSSR count). The number of hydrogen-bond donors (Lipinski definition) is 2. The van der Waals surface area contributed by atoms with E-state index < -0.39 is 0 Å². The highest BCUT2D eigenvalue weighted by molar-refractivity contribution is 5.19. The van der Waals surface area contributed by atoms with E-state index in [4.69, 9.17) is 0 Å². The van der Waals surface area contributed by atoms with Gasteiger partial charge < -0.3 is 10.4 Å². The molecular formula is C15H23NO. The van der Waals surface area contributed by atoms with Crippen molar-refractivity contribution in [2.45, 2.75) is 38.8 Å². The lowest BCUT2D eigenvalue weighted by Gasteiger charge is -2.40. The van der Waals surface area contributed by atoms with Crippen LogP contribution in [-0.4, -0.2) is 17.8 Å². The Kier molecular flexibility index (Phi) is 4.19. The number of aliphatic hydroxyl groups is 1.